The summed E-state index contributed by atoms with van der Waals surface area (Å²) in [7, 11) is 0. The molecule has 0 unspecified atom stereocenters. The van der Waals surface area contributed by atoms with E-state index in [2.05, 4.69) is 18.9 Å². The maximum Gasteiger partial charge on any atom is 0.159 e. The Morgan fingerprint density at radius 2 is 2.16 bits per heavy atom. The van der Waals surface area contributed by atoms with Crippen LogP contribution in [-0.2, 0) is 6.61 Å². The van der Waals surface area contributed by atoms with Crippen molar-refractivity contribution in [2.45, 2.75) is 33.4 Å². The standard InChI is InChI=1S/C15H18N2O2/c1-11(2)17-8-7-14(16-17)10-19-15-6-4-5-13(9-15)12(3)18/h4-9,11H,10H2,1-3H3. The van der Waals surface area contributed by atoms with Crippen molar-refractivity contribution in [3.8, 4) is 5.75 Å². The minimum Gasteiger partial charge on any atom is -0.487 e. The normalized spacial score (nSPS) is 10.7. The molecule has 4 nitrogen and oxygen atoms in total. The maximum atomic E-state index is 11.3. The zero-order chi connectivity index (χ0) is 13.8. The van der Waals surface area contributed by atoms with Crippen molar-refractivity contribution in [2.75, 3.05) is 0 Å². The van der Waals surface area contributed by atoms with Crippen LogP contribution in [0.5, 0.6) is 5.75 Å². The lowest BCUT2D eigenvalue weighted by atomic mass is 10.1. The summed E-state index contributed by atoms with van der Waals surface area (Å²) >= 11 is 0. The van der Waals surface area contributed by atoms with Gasteiger partial charge < -0.3 is 4.74 Å². The lowest BCUT2D eigenvalue weighted by molar-refractivity contribution is 0.101. The molecule has 0 aliphatic carbocycles. The molecule has 0 radical (unpaired) electrons. The summed E-state index contributed by atoms with van der Waals surface area (Å²) in [5.74, 6) is 0.723. The van der Waals surface area contributed by atoms with Crippen molar-refractivity contribution in [3.05, 3.63) is 47.8 Å². The van der Waals surface area contributed by atoms with Crippen LogP contribution < -0.4 is 4.74 Å². The summed E-state index contributed by atoms with van der Waals surface area (Å²) < 4.78 is 7.54. The van der Waals surface area contributed by atoms with E-state index in [4.69, 9.17) is 4.74 Å². The highest BCUT2D eigenvalue weighted by Gasteiger charge is 2.04. The van der Waals surface area contributed by atoms with Gasteiger partial charge in [-0.3, -0.25) is 9.48 Å². The summed E-state index contributed by atoms with van der Waals surface area (Å²) in [4.78, 5) is 11.3. The van der Waals surface area contributed by atoms with E-state index in [1.807, 2.05) is 29.1 Å². The first-order valence-electron chi connectivity index (χ1n) is 6.34. The smallest absolute Gasteiger partial charge is 0.159 e. The topological polar surface area (TPSA) is 44.1 Å². The Labute approximate surface area is 113 Å². The Kier molecular flexibility index (Phi) is 4.00. The highest BCUT2D eigenvalue weighted by atomic mass is 16.5. The number of carbonyl (C=O) groups excluding carboxylic acids is 1. The Morgan fingerprint density at radius 1 is 1.37 bits per heavy atom. The molecular formula is C15H18N2O2. The summed E-state index contributed by atoms with van der Waals surface area (Å²) in [5, 5.41) is 4.41. The van der Waals surface area contributed by atoms with Gasteiger partial charge in [0.15, 0.2) is 5.78 Å². The zero-order valence-electron chi connectivity index (χ0n) is 11.5. The lowest BCUT2D eigenvalue weighted by Gasteiger charge is -2.06. The minimum atomic E-state index is 0.0366. The maximum absolute atomic E-state index is 11.3. The van der Waals surface area contributed by atoms with Crippen LogP contribution in [0, 0.1) is 0 Å². The minimum absolute atomic E-state index is 0.0366. The number of hydrogen-bond donors (Lipinski definition) is 0. The van der Waals surface area contributed by atoms with E-state index in [9.17, 15) is 4.79 Å². The molecule has 1 heterocycles. The third-order valence-electron chi connectivity index (χ3n) is 2.82. The molecule has 0 saturated heterocycles. The largest absolute Gasteiger partial charge is 0.487 e. The average molecular weight is 258 g/mol. The van der Waals surface area contributed by atoms with E-state index in [-0.39, 0.29) is 5.78 Å². The third-order valence-corrected chi connectivity index (χ3v) is 2.82. The molecule has 2 aromatic rings. The summed E-state index contributed by atoms with van der Waals surface area (Å²) in [6.07, 6.45) is 1.94. The third kappa shape index (κ3) is 3.44. The fraction of sp³-hybridized carbons (Fsp3) is 0.333. The van der Waals surface area contributed by atoms with Crippen LogP contribution in [0.3, 0.4) is 0 Å². The van der Waals surface area contributed by atoms with Crippen LogP contribution >= 0.6 is 0 Å². The summed E-state index contributed by atoms with van der Waals surface area (Å²) in [6, 6.07) is 9.47. The first kappa shape index (κ1) is 13.3. The van der Waals surface area contributed by atoms with Crippen LogP contribution in [0.15, 0.2) is 36.5 Å². The Balaban J connectivity index is 2.01. The van der Waals surface area contributed by atoms with Crippen LogP contribution in [-0.4, -0.2) is 15.6 Å². The average Bonchev–Trinajstić information content (AvgIpc) is 2.85. The van der Waals surface area contributed by atoms with Crippen LogP contribution in [0.1, 0.15) is 42.9 Å². The second-order valence-corrected chi connectivity index (χ2v) is 4.75. The fourth-order valence-corrected chi connectivity index (χ4v) is 1.70. The molecule has 0 saturated carbocycles. The van der Waals surface area contributed by atoms with Gasteiger partial charge >= 0.3 is 0 Å². The van der Waals surface area contributed by atoms with Gasteiger partial charge in [0.1, 0.15) is 12.4 Å². The molecule has 100 valence electrons. The number of rotatable bonds is 5. The van der Waals surface area contributed by atoms with Gasteiger partial charge in [0.05, 0.1) is 5.69 Å². The Bertz CT molecular complexity index is 573. The van der Waals surface area contributed by atoms with Gasteiger partial charge in [0.25, 0.3) is 0 Å². The van der Waals surface area contributed by atoms with Crippen molar-refractivity contribution in [1.82, 2.24) is 9.78 Å². The number of aromatic nitrogens is 2. The molecule has 0 spiro atoms. The van der Waals surface area contributed by atoms with Crippen molar-refractivity contribution < 1.29 is 9.53 Å². The van der Waals surface area contributed by atoms with E-state index in [1.165, 1.54) is 0 Å². The van der Waals surface area contributed by atoms with Crippen LogP contribution in [0.25, 0.3) is 0 Å². The molecule has 19 heavy (non-hydrogen) atoms. The monoisotopic (exact) mass is 258 g/mol. The SMILES string of the molecule is CC(=O)c1cccc(OCc2ccn(C(C)C)n2)c1. The highest BCUT2D eigenvalue weighted by Crippen LogP contribution is 2.15. The Morgan fingerprint density at radius 3 is 2.79 bits per heavy atom. The first-order chi connectivity index (χ1) is 9.06. The quantitative estimate of drug-likeness (QED) is 0.773. The van der Waals surface area contributed by atoms with Crippen molar-refractivity contribution >= 4 is 5.78 Å². The number of ether oxygens (including phenoxy) is 1. The van der Waals surface area contributed by atoms with Gasteiger partial charge in [-0.15, -0.1) is 0 Å². The van der Waals surface area contributed by atoms with Crippen molar-refractivity contribution in [2.24, 2.45) is 0 Å². The number of carbonyl (C=O) groups is 1. The van der Waals surface area contributed by atoms with E-state index >= 15 is 0 Å². The summed E-state index contributed by atoms with van der Waals surface area (Å²) in [6.45, 7) is 6.10. The molecule has 2 rings (SSSR count). The molecule has 0 N–H and O–H groups in total. The highest BCUT2D eigenvalue weighted by molar-refractivity contribution is 5.94. The molecule has 1 aromatic heterocycles. The van der Waals surface area contributed by atoms with Gasteiger partial charge in [0.2, 0.25) is 0 Å². The van der Waals surface area contributed by atoms with Gasteiger partial charge in [-0.1, -0.05) is 12.1 Å². The van der Waals surface area contributed by atoms with Crippen molar-refractivity contribution in [1.29, 1.82) is 0 Å². The second kappa shape index (κ2) is 5.69. The molecule has 1 aromatic carbocycles. The van der Waals surface area contributed by atoms with E-state index < -0.39 is 0 Å². The summed E-state index contributed by atoms with van der Waals surface area (Å²) in [5.41, 5.74) is 1.53. The van der Waals surface area contributed by atoms with E-state index in [1.54, 1.807) is 19.1 Å². The zero-order valence-corrected chi connectivity index (χ0v) is 11.5. The molecule has 0 bridgehead atoms. The number of Topliss-reactive ketones (excluding diaryl/α,β-unsaturated/α-hetero) is 1. The van der Waals surface area contributed by atoms with E-state index in [0.717, 1.165) is 5.69 Å². The molecule has 0 fully saturated rings. The van der Waals surface area contributed by atoms with Crippen molar-refractivity contribution in [3.63, 3.8) is 0 Å². The van der Waals surface area contributed by atoms with E-state index in [0.29, 0.717) is 24.0 Å². The van der Waals surface area contributed by atoms with Gasteiger partial charge in [-0.05, 0) is 39.0 Å². The molecule has 0 atom stereocenters. The number of benzene rings is 1. The van der Waals surface area contributed by atoms with Gasteiger partial charge in [-0.25, -0.2) is 0 Å². The molecule has 0 aliphatic heterocycles. The molecule has 4 heteroatoms. The number of hydrogen-bond acceptors (Lipinski definition) is 3. The number of ketones is 1. The second-order valence-electron chi connectivity index (χ2n) is 4.75. The first-order valence-corrected chi connectivity index (χ1v) is 6.34. The van der Waals surface area contributed by atoms with Gasteiger partial charge in [0, 0.05) is 17.8 Å². The Hall–Kier alpha value is -2.10. The predicted molar refractivity (Wildman–Crippen MR) is 73.4 cm³/mol. The fourth-order valence-electron chi connectivity index (χ4n) is 1.70. The lowest BCUT2D eigenvalue weighted by Crippen LogP contribution is -2.03. The number of nitrogens with zero attached hydrogens (tertiary/aromatic N) is 2. The van der Waals surface area contributed by atoms with Gasteiger partial charge in [-0.2, -0.15) is 5.10 Å². The molecule has 0 amide bonds. The molecule has 0 aliphatic rings. The van der Waals surface area contributed by atoms with Crippen LogP contribution in [0.2, 0.25) is 0 Å². The predicted octanol–water partition coefficient (Wildman–Crippen LogP) is 3.25. The van der Waals surface area contributed by atoms with Crippen LogP contribution in [0.4, 0.5) is 0 Å². The molecular weight excluding hydrogens is 240 g/mol.